The second-order valence-electron chi connectivity index (χ2n) is 3.96. The first-order valence-electron chi connectivity index (χ1n) is 5.65. The van der Waals surface area contributed by atoms with Gasteiger partial charge in [-0.25, -0.2) is 13.1 Å². The van der Waals surface area contributed by atoms with Crippen molar-refractivity contribution in [1.82, 2.24) is 9.71 Å². The minimum Gasteiger partial charge on any atom is -0.321 e. The molecule has 0 saturated heterocycles. The van der Waals surface area contributed by atoms with Crippen LogP contribution in [0.4, 0.5) is 0 Å². The molecule has 0 radical (unpaired) electrons. The zero-order valence-corrected chi connectivity index (χ0v) is 11.4. The first kappa shape index (κ1) is 14.0. The highest BCUT2D eigenvalue weighted by molar-refractivity contribution is 7.89. The number of aromatic amines is 1. The zero-order valence-electron chi connectivity index (χ0n) is 10.5. The Balaban J connectivity index is 2.44. The van der Waals surface area contributed by atoms with Crippen LogP contribution in [0.3, 0.4) is 0 Å². The number of nitriles is 1. The standard InChI is InChI=1S/C13H11N3O3S/c1-15-20(18,19)11-5-2-9(3-6-11)12-7-4-10(8-14)13(17)16-12/h2-7,15H,1H3,(H,16,17). The van der Waals surface area contributed by atoms with Gasteiger partial charge in [0.05, 0.1) is 4.90 Å². The third kappa shape index (κ3) is 2.61. The van der Waals surface area contributed by atoms with Gasteiger partial charge in [-0.15, -0.1) is 0 Å². The number of nitrogens with one attached hydrogen (secondary N) is 2. The molecular formula is C13H11N3O3S. The number of rotatable bonds is 3. The van der Waals surface area contributed by atoms with Crippen molar-refractivity contribution < 1.29 is 8.42 Å². The van der Waals surface area contributed by atoms with E-state index < -0.39 is 15.6 Å². The van der Waals surface area contributed by atoms with E-state index in [9.17, 15) is 13.2 Å². The van der Waals surface area contributed by atoms with Crippen LogP contribution in [0.15, 0.2) is 46.1 Å². The molecule has 0 bridgehead atoms. The number of sulfonamides is 1. The SMILES string of the molecule is CNS(=O)(=O)c1ccc(-c2ccc(C#N)c(=O)[nH]2)cc1. The molecule has 0 fully saturated rings. The summed E-state index contributed by atoms with van der Waals surface area (Å²) in [4.78, 5) is 14.2. The fraction of sp³-hybridized carbons (Fsp3) is 0.0769. The van der Waals surface area contributed by atoms with Gasteiger partial charge in [0.2, 0.25) is 10.0 Å². The fourth-order valence-corrected chi connectivity index (χ4v) is 2.39. The molecule has 0 unspecified atom stereocenters. The van der Waals surface area contributed by atoms with Crippen molar-refractivity contribution in [1.29, 1.82) is 5.26 Å². The minimum atomic E-state index is -3.48. The van der Waals surface area contributed by atoms with E-state index in [2.05, 4.69) is 9.71 Å². The lowest BCUT2D eigenvalue weighted by Crippen LogP contribution is -2.18. The maximum Gasteiger partial charge on any atom is 0.266 e. The lowest BCUT2D eigenvalue weighted by atomic mass is 10.1. The number of nitrogens with zero attached hydrogens (tertiary/aromatic N) is 1. The van der Waals surface area contributed by atoms with E-state index in [4.69, 9.17) is 5.26 Å². The number of hydrogen-bond acceptors (Lipinski definition) is 4. The van der Waals surface area contributed by atoms with Gasteiger partial charge in [-0.2, -0.15) is 5.26 Å². The first-order chi connectivity index (χ1) is 9.47. The fourth-order valence-electron chi connectivity index (χ4n) is 1.66. The summed E-state index contributed by atoms with van der Waals surface area (Å²) >= 11 is 0. The van der Waals surface area contributed by atoms with Crippen LogP contribution in [0.5, 0.6) is 0 Å². The largest absolute Gasteiger partial charge is 0.321 e. The molecule has 0 atom stereocenters. The Morgan fingerprint density at radius 3 is 2.30 bits per heavy atom. The van der Waals surface area contributed by atoms with Crippen LogP contribution in [-0.2, 0) is 10.0 Å². The number of hydrogen-bond donors (Lipinski definition) is 2. The summed E-state index contributed by atoms with van der Waals surface area (Å²) in [6.07, 6.45) is 0. The van der Waals surface area contributed by atoms with E-state index in [-0.39, 0.29) is 10.5 Å². The molecule has 2 N–H and O–H groups in total. The van der Waals surface area contributed by atoms with Gasteiger partial charge in [-0.1, -0.05) is 12.1 Å². The van der Waals surface area contributed by atoms with Crippen molar-refractivity contribution in [3.8, 4) is 17.3 Å². The molecule has 6 nitrogen and oxygen atoms in total. The Labute approximate surface area is 115 Å². The Kier molecular flexibility index (Phi) is 3.70. The van der Waals surface area contributed by atoms with Gasteiger partial charge < -0.3 is 4.98 Å². The number of pyridine rings is 1. The topological polar surface area (TPSA) is 103 Å². The van der Waals surface area contributed by atoms with Crippen molar-refractivity contribution >= 4 is 10.0 Å². The monoisotopic (exact) mass is 289 g/mol. The van der Waals surface area contributed by atoms with Crippen LogP contribution >= 0.6 is 0 Å². The molecule has 1 aromatic heterocycles. The number of H-pyrrole nitrogens is 1. The van der Waals surface area contributed by atoms with Crippen molar-refractivity contribution in [3.63, 3.8) is 0 Å². The second-order valence-corrected chi connectivity index (χ2v) is 5.85. The molecule has 0 spiro atoms. The lowest BCUT2D eigenvalue weighted by Gasteiger charge is -2.05. The van der Waals surface area contributed by atoms with E-state index in [1.165, 1.54) is 25.2 Å². The molecule has 1 aromatic carbocycles. The maximum absolute atomic E-state index is 11.6. The molecule has 2 aromatic rings. The highest BCUT2D eigenvalue weighted by Gasteiger charge is 2.11. The van der Waals surface area contributed by atoms with Gasteiger partial charge in [-0.05, 0) is 36.9 Å². The molecule has 0 aliphatic rings. The van der Waals surface area contributed by atoms with Gasteiger partial charge in [-0.3, -0.25) is 4.79 Å². The third-order valence-corrected chi connectivity index (χ3v) is 4.20. The predicted octanol–water partition coefficient (Wildman–Crippen LogP) is 0.822. The molecule has 0 aliphatic carbocycles. The molecule has 102 valence electrons. The van der Waals surface area contributed by atoms with Gasteiger partial charge in [0, 0.05) is 5.69 Å². The average Bonchev–Trinajstić information content (AvgIpc) is 2.47. The molecule has 2 rings (SSSR count). The Morgan fingerprint density at radius 2 is 1.80 bits per heavy atom. The Hall–Kier alpha value is -2.43. The first-order valence-corrected chi connectivity index (χ1v) is 7.13. The van der Waals surface area contributed by atoms with E-state index >= 15 is 0 Å². The quantitative estimate of drug-likeness (QED) is 0.873. The van der Waals surface area contributed by atoms with Crippen LogP contribution in [0, 0.1) is 11.3 Å². The molecule has 0 aliphatic heterocycles. The van der Waals surface area contributed by atoms with E-state index in [1.807, 2.05) is 0 Å². The van der Waals surface area contributed by atoms with Gasteiger partial charge in [0.1, 0.15) is 11.6 Å². The normalized spacial score (nSPS) is 11.0. The summed E-state index contributed by atoms with van der Waals surface area (Å²) in [6.45, 7) is 0. The van der Waals surface area contributed by atoms with Crippen LogP contribution in [0.25, 0.3) is 11.3 Å². The van der Waals surface area contributed by atoms with Crippen LogP contribution < -0.4 is 10.3 Å². The Bertz CT molecular complexity index is 830. The highest BCUT2D eigenvalue weighted by atomic mass is 32.2. The summed E-state index contributed by atoms with van der Waals surface area (Å²) in [5, 5.41) is 8.69. The smallest absolute Gasteiger partial charge is 0.266 e. The summed E-state index contributed by atoms with van der Waals surface area (Å²) < 4.78 is 25.4. The molecule has 1 heterocycles. The third-order valence-electron chi connectivity index (χ3n) is 2.77. The van der Waals surface area contributed by atoms with Gasteiger partial charge >= 0.3 is 0 Å². The second kappa shape index (κ2) is 5.28. The minimum absolute atomic E-state index is 0.0307. The van der Waals surface area contributed by atoms with Crippen molar-refractivity contribution in [3.05, 3.63) is 52.3 Å². The van der Waals surface area contributed by atoms with Crippen molar-refractivity contribution in [2.45, 2.75) is 4.90 Å². The number of benzene rings is 1. The van der Waals surface area contributed by atoms with E-state index in [0.717, 1.165) is 0 Å². The molecule has 0 saturated carbocycles. The highest BCUT2D eigenvalue weighted by Crippen LogP contribution is 2.18. The molecule has 0 amide bonds. The zero-order chi connectivity index (χ0) is 14.8. The number of aromatic nitrogens is 1. The summed E-state index contributed by atoms with van der Waals surface area (Å²) in [5.41, 5.74) is 0.726. The molecule has 20 heavy (non-hydrogen) atoms. The van der Waals surface area contributed by atoms with E-state index in [0.29, 0.717) is 11.3 Å². The molecular weight excluding hydrogens is 278 g/mol. The summed E-state index contributed by atoms with van der Waals surface area (Å²) in [6, 6.07) is 10.9. The predicted molar refractivity (Wildman–Crippen MR) is 73.5 cm³/mol. The van der Waals surface area contributed by atoms with Crippen LogP contribution in [0.2, 0.25) is 0 Å². The maximum atomic E-state index is 11.6. The average molecular weight is 289 g/mol. The van der Waals surface area contributed by atoms with Crippen LogP contribution in [0.1, 0.15) is 5.56 Å². The summed E-state index contributed by atoms with van der Waals surface area (Å²) in [5.74, 6) is 0. The van der Waals surface area contributed by atoms with E-state index in [1.54, 1.807) is 24.3 Å². The van der Waals surface area contributed by atoms with Gasteiger partial charge in [0.15, 0.2) is 0 Å². The lowest BCUT2D eigenvalue weighted by molar-refractivity contribution is 0.588. The molecule has 7 heteroatoms. The van der Waals surface area contributed by atoms with Crippen molar-refractivity contribution in [2.75, 3.05) is 7.05 Å². The van der Waals surface area contributed by atoms with Gasteiger partial charge in [0.25, 0.3) is 5.56 Å². The Morgan fingerprint density at radius 1 is 1.15 bits per heavy atom. The van der Waals surface area contributed by atoms with Crippen LogP contribution in [-0.4, -0.2) is 20.4 Å². The summed E-state index contributed by atoms with van der Waals surface area (Å²) in [7, 11) is -2.15. The van der Waals surface area contributed by atoms with Crippen molar-refractivity contribution in [2.24, 2.45) is 0 Å².